The second kappa shape index (κ2) is 7.43. The van der Waals surface area contributed by atoms with Crippen LogP contribution < -0.4 is 10.2 Å². The predicted octanol–water partition coefficient (Wildman–Crippen LogP) is 1.69. The van der Waals surface area contributed by atoms with Crippen molar-refractivity contribution in [2.75, 3.05) is 7.11 Å². The first-order chi connectivity index (χ1) is 12.2. The Morgan fingerprint density at radius 3 is 3.00 bits per heavy atom. The molecule has 1 amide bonds. The van der Waals surface area contributed by atoms with E-state index in [1.165, 1.54) is 13.3 Å². The van der Waals surface area contributed by atoms with E-state index < -0.39 is 0 Å². The molecule has 2 N–H and O–H groups in total. The average Bonchev–Trinajstić information content (AvgIpc) is 3.04. The molecule has 1 aromatic heterocycles. The number of ether oxygens (including phenoxy) is 1. The third-order valence-corrected chi connectivity index (χ3v) is 3.61. The van der Waals surface area contributed by atoms with E-state index >= 15 is 0 Å². The molecule has 3 aromatic rings. The smallest absolute Gasteiger partial charge is 0.241 e. The largest absolute Gasteiger partial charge is 0.504 e. The molecule has 8 heteroatoms. The van der Waals surface area contributed by atoms with Crippen molar-refractivity contribution in [1.29, 1.82) is 0 Å². The number of methoxy groups -OCH3 is 1. The maximum absolute atomic E-state index is 11.9. The molecule has 128 valence electrons. The van der Waals surface area contributed by atoms with Gasteiger partial charge in [0.15, 0.2) is 11.5 Å². The quantitative estimate of drug-likeness (QED) is 0.525. The van der Waals surface area contributed by atoms with Gasteiger partial charge in [-0.3, -0.25) is 4.79 Å². The monoisotopic (exact) mass is 339 g/mol. The number of rotatable bonds is 6. The van der Waals surface area contributed by atoms with Crippen molar-refractivity contribution in [3.8, 4) is 11.5 Å². The van der Waals surface area contributed by atoms with Gasteiger partial charge in [0.05, 0.1) is 25.4 Å². The van der Waals surface area contributed by atoms with E-state index in [1.54, 1.807) is 22.9 Å². The summed E-state index contributed by atoms with van der Waals surface area (Å²) in [5.41, 5.74) is 4.53. The summed E-state index contributed by atoms with van der Waals surface area (Å²) in [6.45, 7) is 0.395. The maximum atomic E-state index is 11.9. The van der Waals surface area contributed by atoms with Crippen LogP contribution >= 0.6 is 0 Å². The Morgan fingerprint density at radius 2 is 2.16 bits per heavy atom. The number of hydrogen-bond donors (Lipinski definition) is 2. The van der Waals surface area contributed by atoms with Crippen LogP contribution in [0.25, 0.3) is 11.0 Å². The summed E-state index contributed by atoms with van der Waals surface area (Å²) in [5.74, 6) is 0.0450. The van der Waals surface area contributed by atoms with E-state index in [9.17, 15) is 9.90 Å². The van der Waals surface area contributed by atoms with E-state index in [0.717, 1.165) is 11.0 Å². The number of carbonyl (C=O) groups is 1. The van der Waals surface area contributed by atoms with Crippen molar-refractivity contribution < 1.29 is 14.6 Å². The number of phenolic OH excluding ortho intramolecular Hbond substituents is 1. The Kier molecular flexibility index (Phi) is 4.89. The minimum absolute atomic E-state index is 0.0305. The molecule has 0 aliphatic rings. The molecule has 25 heavy (non-hydrogen) atoms. The topological polar surface area (TPSA) is 102 Å². The standard InChI is InChI=1S/C17H17N5O3/c1-25-15-8-4-5-12(17(15)24)11-18-20-16(23)9-10-22-14-7-3-2-6-13(14)19-21-22/h2-8,11,24H,9-10H2,1H3,(H,20,23)/b18-11+. The van der Waals surface area contributed by atoms with Crippen LogP contribution in [0.15, 0.2) is 47.6 Å². The number of amides is 1. The summed E-state index contributed by atoms with van der Waals surface area (Å²) in [5, 5.41) is 21.9. The van der Waals surface area contributed by atoms with Crippen LogP contribution in [0.4, 0.5) is 0 Å². The zero-order chi connectivity index (χ0) is 17.6. The molecule has 0 saturated carbocycles. The van der Waals surface area contributed by atoms with E-state index in [2.05, 4.69) is 20.8 Å². The molecule has 0 fully saturated rings. The number of nitrogens with zero attached hydrogens (tertiary/aromatic N) is 4. The van der Waals surface area contributed by atoms with Crippen LogP contribution in [0.5, 0.6) is 11.5 Å². The minimum Gasteiger partial charge on any atom is -0.504 e. The number of aromatic hydroxyl groups is 1. The SMILES string of the molecule is COc1cccc(/C=N/NC(=O)CCn2nnc3ccccc32)c1O. The van der Waals surface area contributed by atoms with Gasteiger partial charge in [0.2, 0.25) is 5.91 Å². The lowest BCUT2D eigenvalue weighted by Gasteiger charge is -2.05. The number of aromatic nitrogens is 3. The van der Waals surface area contributed by atoms with Crippen molar-refractivity contribution in [3.63, 3.8) is 0 Å². The van der Waals surface area contributed by atoms with E-state index in [4.69, 9.17) is 4.74 Å². The summed E-state index contributed by atoms with van der Waals surface area (Å²) in [7, 11) is 1.46. The van der Waals surface area contributed by atoms with Crippen LogP contribution in [0.2, 0.25) is 0 Å². The van der Waals surface area contributed by atoms with Crippen LogP contribution in [0.1, 0.15) is 12.0 Å². The first kappa shape index (κ1) is 16.4. The van der Waals surface area contributed by atoms with Gasteiger partial charge in [-0.25, -0.2) is 10.1 Å². The summed E-state index contributed by atoms with van der Waals surface area (Å²) in [6, 6.07) is 12.6. The zero-order valence-electron chi connectivity index (χ0n) is 13.6. The van der Waals surface area contributed by atoms with Gasteiger partial charge in [-0.05, 0) is 24.3 Å². The van der Waals surface area contributed by atoms with Crippen molar-refractivity contribution in [2.45, 2.75) is 13.0 Å². The highest BCUT2D eigenvalue weighted by Gasteiger charge is 2.07. The lowest BCUT2D eigenvalue weighted by molar-refractivity contribution is -0.121. The third kappa shape index (κ3) is 3.74. The lowest BCUT2D eigenvalue weighted by Crippen LogP contribution is -2.19. The molecule has 0 aliphatic carbocycles. The molecule has 0 bridgehead atoms. The molecule has 0 atom stereocenters. The van der Waals surface area contributed by atoms with Gasteiger partial charge in [0.1, 0.15) is 5.52 Å². The highest BCUT2D eigenvalue weighted by molar-refractivity contribution is 5.86. The van der Waals surface area contributed by atoms with Crippen LogP contribution in [-0.4, -0.2) is 39.3 Å². The number of hydrogen-bond acceptors (Lipinski definition) is 6. The number of carbonyl (C=O) groups excluding carboxylic acids is 1. The van der Waals surface area contributed by atoms with Crippen molar-refractivity contribution >= 4 is 23.2 Å². The molecule has 0 spiro atoms. The van der Waals surface area contributed by atoms with Gasteiger partial charge in [0.25, 0.3) is 0 Å². The van der Waals surface area contributed by atoms with Gasteiger partial charge >= 0.3 is 0 Å². The Morgan fingerprint density at radius 1 is 1.32 bits per heavy atom. The highest BCUT2D eigenvalue weighted by atomic mass is 16.5. The molecule has 0 unspecified atom stereocenters. The summed E-state index contributed by atoms with van der Waals surface area (Å²) < 4.78 is 6.69. The van der Waals surface area contributed by atoms with Gasteiger partial charge in [-0.15, -0.1) is 5.10 Å². The van der Waals surface area contributed by atoms with Crippen LogP contribution in [0.3, 0.4) is 0 Å². The van der Waals surface area contributed by atoms with Gasteiger partial charge in [-0.2, -0.15) is 5.10 Å². The molecule has 0 aliphatic heterocycles. The third-order valence-electron chi connectivity index (χ3n) is 3.61. The number of para-hydroxylation sites is 2. The number of phenols is 1. The molecule has 2 aromatic carbocycles. The van der Waals surface area contributed by atoms with Crippen LogP contribution in [0, 0.1) is 0 Å². The first-order valence-electron chi connectivity index (χ1n) is 7.65. The van der Waals surface area contributed by atoms with E-state index in [1.807, 2.05) is 24.3 Å². The second-order valence-electron chi connectivity index (χ2n) is 5.24. The normalized spacial score (nSPS) is 11.1. The average molecular weight is 339 g/mol. The molecule has 0 saturated heterocycles. The molecular weight excluding hydrogens is 322 g/mol. The van der Waals surface area contributed by atoms with Crippen molar-refractivity contribution in [2.24, 2.45) is 5.10 Å². The first-order valence-corrected chi connectivity index (χ1v) is 7.65. The lowest BCUT2D eigenvalue weighted by atomic mass is 10.2. The second-order valence-corrected chi connectivity index (χ2v) is 5.24. The molecule has 1 heterocycles. The van der Waals surface area contributed by atoms with Gasteiger partial charge in [0, 0.05) is 12.0 Å². The Bertz CT molecular complexity index is 920. The summed E-state index contributed by atoms with van der Waals surface area (Å²) in [4.78, 5) is 11.9. The van der Waals surface area contributed by atoms with Gasteiger partial charge in [-0.1, -0.05) is 23.4 Å². The fraction of sp³-hybridized carbons (Fsp3) is 0.176. The van der Waals surface area contributed by atoms with E-state index in [-0.39, 0.29) is 18.1 Å². The minimum atomic E-state index is -0.266. The Balaban J connectivity index is 1.56. The summed E-state index contributed by atoms with van der Waals surface area (Å²) >= 11 is 0. The molecule has 3 rings (SSSR count). The number of hydrazone groups is 1. The zero-order valence-corrected chi connectivity index (χ0v) is 13.6. The van der Waals surface area contributed by atoms with Crippen molar-refractivity contribution in [3.05, 3.63) is 48.0 Å². The maximum Gasteiger partial charge on any atom is 0.241 e. The van der Waals surface area contributed by atoms with Crippen molar-refractivity contribution in [1.82, 2.24) is 20.4 Å². The van der Waals surface area contributed by atoms with Gasteiger partial charge < -0.3 is 9.84 Å². The number of aryl methyl sites for hydroxylation is 1. The predicted molar refractivity (Wildman–Crippen MR) is 92.5 cm³/mol. The number of fused-ring (bicyclic) bond motifs is 1. The molecule has 8 nitrogen and oxygen atoms in total. The highest BCUT2D eigenvalue weighted by Crippen LogP contribution is 2.27. The molecule has 0 radical (unpaired) electrons. The Labute approximate surface area is 143 Å². The number of benzene rings is 2. The Hall–Kier alpha value is -3.42. The summed E-state index contributed by atoms with van der Waals surface area (Å²) in [6.07, 6.45) is 1.56. The number of nitrogens with one attached hydrogen (secondary N) is 1. The van der Waals surface area contributed by atoms with E-state index in [0.29, 0.717) is 17.9 Å². The molecular formula is C17H17N5O3. The fourth-order valence-corrected chi connectivity index (χ4v) is 2.33. The fourth-order valence-electron chi connectivity index (χ4n) is 2.33. The van der Waals surface area contributed by atoms with Crippen LogP contribution in [-0.2, 0) is 11.3 Å².